The summed E-state index contributed by atoms with van der Waals surface area (Å²) >= 11 is 0. The van der Waals surface area contributed by atoms with E-state index in [1.165, 1.54) is 0 Å². The molecule has 0 aromatic heterocycles. The number of piperidine rings is 1. The van der Waals surface area contributed by atoms with Gasteiger partial charge in [-0.1, -0.05) is 12.1 Å². The molecular weight excluding hydrogens is 244 g/mol. The molecule has 1 aromatic carbocycles. The van der Waals surface area contributed by atoms with E-state index in [4.69, 9.17) is 5.73 Å². The summed E-state index contributed by atoms with van der Waals surface area (Å²) in [5.41, 5.74) is 6.29. The van der Waals surface area contributed by atoms with E-state index in [2.05, 4.69) is 4.90 Å². The van der Waals surface area contributed by atoms with Crippen molar-refractivity contribution in [1.82, 2.24) is 0 Å². The summed E-state index contributed by atoms with van der Waals surface area (Å²) < 4.78 is 0. The summed E-state index contributed by atoms with van der Waals surface area (Å²) in [6.45, 7) is 1.53. The molecule has 0 atom stereocenters. The van der Waals surface area contributed by atoms with Gasteiger partial charge < -0.3 is 15.7 Å². The van der Waals surface area contributed by atoms with Crippen LogP contribution in [0.2, 0.25) is 0 Å². The minimum Gasteiger partial charge on any atom is -0.478 e. The van der Waals surface area contributed by atoms with Gasteiger partial charge in [0.2, 0.25) is 5.91 Å². The van der Waals surface area contributed by atoms with Gasteiger partial charge in [-0.2, -0.15) is 0 Å². The van der Waals surface area contributed by atoms with Crippen molar-refractivity contribution in [3.8, 4) is 0 Å². The minimum absolute atomic E-state index is 0.260. The number of carboxylic acids is 1. The van der Waals surface area contributed by atoms with E-state index in [0.717, 1.165) is 31.6 Å². The van der Waals surface area contributed by atoms with Crippen molar-refractivity contribution in [3.05, 3.63) is 29.8 Å². The highest BCUT2D eigenvalue weighted by Crippen LogP contribution is 2.27. The molecule has 0 aliphatic carbocycles. The van der Waals surface area contributed by atoms with Crippen molar-refractivity contribution in [2.24, 2.45) is 11.7 Å². The molecule has 0 bridgehead atoms. The fraction of sp³-hybridized carbons (Fsp3) is 0.429. The Hall–Kier alpha value is -2.04. The van der Waals surface area contributed by atoms with E-state index in [-0.39, 0.29) is 5.91 Å². The number of amides is 1. The maximum atomic E-state index is 11.2. The van der Waals surface area contributed by atoms with Gasteiger partial charge in [-0.15, -0.1) is 0 Å². The molecule has 1 aromatic rings. The van der Waals surface area contributed by atoms with Crippen LogP contribution in [0.25, 0.3) is 0 Å². The lowest BCUT2D eigenvalue weighted by Crippen LogP contribution is -2.35. The third kappa shape index (κ3) is 3.24. The van der Waals surface area contributed by atoms with E-state index >= 15 is 0 Å². The lowest BCUT2D eigenvalue weighted by atomic mass is 9.92. The van der Waals surface area contributed by atoms with Crippen molar-refractivity contribution in [3.63, 3.8) is 0 Å². The van der Waals surface area contributed by atoms with E-state index in [1.807, 2.05) is 12.1 Å². The van der Waals surface area contributed by atoms with E-state index in [9.17, 15) is 14.7 Å². The highest BCUT2D eigenvalue weighted by Gasteiger charge is 2.23. The average molecular weight is 262 g/mol. The third-order valence-corrected chi connectivity index (χ3v) is 3.58. The largest absolute Gasteiger partial charge is 0.478 e. The first-order valence-corrected chi connectivity index (χ1v) is 6.43. The fourth-order valence-electron chi connectivity index (χ4n) is 2.59. The van der Waals surface area contributed by atoms with Crippen molar-refractivity contribution in [1.29, 1.82) is 0 Å². The van der Waals surface area contributed by atoms with Gasteiger partial charge in [-0.25, -0.2) is 4.79 Å². The Labute approximate surface area is 112 Å². The van der Waals surface area contributed by atoms with E-state index in [0.29, 0.717) is 17.9 Å². The molecule has 1 fully saturated rings. The number of hydrogen-bond donors (Lipinski definition) is 2. The maximum Gasteiger partial charge on any atom is 0.337 e. The van der Waals surface area contributed by atoms with Crippen LogP contribution in [0.15, 0.2) is 24.3 Å². The zero-order valence-electron chi connectivity index (χ0n) is 10.7. The highest BCUT2D eigenvalue weighted by molar-refractivity contribution is 5.94. The molecule has 19 heavy (non-hydrogen) atoms. The number of carboxylic acid groups (broad SMARTS) is 1. The first kappa shape index (κ1) is 13.4. The molecule has 5 heteroatoms. The SMILES string of the molecule is NC(=O)CC1CCN(c2ccccc2C(=O)O)CC1. The molecular formula is C14H18N2O3. The second-order valence-corrected chi connectivity index (χ2v) is 4.92. The number of hydrogen-bond acceptors (Lipinski definition) is 3. The van der Waals surface area contributed by atoms with Crippen LogP contribution in [0.3, 0.4) is 0 Å². The number of benzene rings is 1. The Bertz CT molecular complexity index is 479. The summed E-state index contributed by atoms with van der Waals surface area (Å²) in [6.07, 6.45) is 2.17. The molecule has 0 spiro atoms. The van der Waals surface area contributed by atoms with E-state index < -0.39 is 5.97 Å². The number of carbonyl (C=O) groups excluding carboxylic acids is 1. The van der Waals surface area contributed by atoms with Crippen LogP contribution < -0.4 is 10.6 Å². The van der Waals surface area contributed by atoms with Gasteiger partial charge in [0, 0.05) is 19.5 Å². The van der Waals surface area contributed by atoms with Crippen molar-refractivity contribution in [2.75, 3.05) is 18.0 Å². The molecule has 102 valence electrons. The Morgan fingerprint density at radius 1 is 1.26 bits per heavy atom. The number of para-hydroxylation sites is 1. The van der Waals surface area contributed by atoms with Crippen LogP contribution in [0.4, 0.5) is 5.69 Å². The van der Waals surface area contributed by atoms with Gasteiger partial charge in [0.25, 0.3) is 0 Å². The van der Waals surface area contributed by atoms with Gasteiger partial charge in [0.15, 0.2) is 0 Å². The molecule has 3 N–H and O–H groups in total. The van der Waals surface area contributed by atoms with Crippen LogP contribution in [0, 0.1) is 5.92 Å². The second kappa shape index (κ2) is 5.73. The highest BCUT2D eigenvalue weighted by atomic mass is 16.4. The number of nitrogens with two attached hydrogens (primary N) is 1. The van der Waals surface area contributed by atoms with Gasteiger partial charge in [0.1, 0.15) is 0 Å². The van der Waals surface area contributed by atoms with Crippen LogP contribution in [0.1, 0.15) is 29.6 Å². The molecule has 1 aliphatic rings. The Balaban J connectivity index is 2.05. The standard InChI is InChI=1S/C14H18N2O3/c15-13(17)9-10-5-7-16(8-6-10)12-4-2-1-3-11(12)14(18)19/h1-4,10H,5-9H2,(H2,15,17)(H,18,19). The molecule has 2 rings (SSSR count). The topological polar surface area (TPSA) is 83.6 Å². The molecule has 1 saturated heterocycles. The Kier molecular flexibility index (Phi) is 4.04. The molecule has 0 saturated carbocycles. The molecule has 0 unspecified atom stereocenters. The summed E-state index contributed by atoms with van der Waals surface area (Å²) in [5.74, 6) is -0.843. The Morgan fingerprint density at radius 3 is 2.47 bits per heavy atom. The minimum atomic E-state index is -0.908. The quantitative estimate of drug-likeness (QED) is 0.860. The van der Waals surface area contributed by atoms with Gasteiger partial charge in [-0.3, -0.25) is 4.79 Å². The summed E-state index contributed by atoms with van der Waals surface area (Å²) in [6, 6.07) is 7.02. The van der Waals surface area contributed by atoms with Crippen molar-refractivity contribution in [2.45, 2.75) is 19.3 Å². The van der Waals surface area contributed by atoms with Crippen molar-refractivity contribution >= 4 is 17.6 Å². The summed E-state index contributed by atoms with van der Waals surface area (Å²) in [7, 11) is 0. The van der Waals surface area contributed by atoms with Crippen molar-refractivity contribution < 1.29 is 14.7 Å². The summed E-state index contributed by atoms with van der Waals surface area (Å²) in [5, 5.41) is 9.18. The lowest BCUT2D eigenvalue weighted by molar-refractivity contribution is -0.119. The van der Waals surface area contributed by atoms with Gasteiger partial charge in [-0.05, 0) is 30.9 Å². The average Bonchev–Trinajstić information content (AvgIpc) is 2.39. The smallest absolute Gasteiger partial charge is 0.337 e. The maximum absolute atomic E-state index is 11.2. The zero-order valence-corrected chi connectivity index (χ0v) is 10.7. The number of aromatic carboxylic acids is 1. The first-order chi connectivity index (χ1) is 9.08. The first-order valence-electron chi connectivity index (χ1n) is 6.43. The lowest BCUT2D eigenvalue weighted by Gasteiger charge is -2.33. The number of rotatable bonds is 4. The van der Waals surface area contributed by atoms with E-state index in [1.54, 1.807) is 12.1 Å². The van der Waals surface area contributed by atoms with Gasteiger partial charge in [0.05, 0.1) is 11.3 Å². The molecule has 1 amide bonds. The third-order valence-electron chi connectivity index (χ3n) is 3.58. The molecule has 1 aliphatic heterocycles. The fourth-order valence-corrected chi connectivity index (χ4v) is 2.59. The molecule has 5 nitrogen and oxygen atoms in total. The predicted molar refractivity (Wildman–Crippen MR) is 72.1 cm³/mol. The molecule has 0 radical (unpaired) electrons. The normalized spacial score (nSPS) is 16.3. The number of anilines is 1. The van der Waals surface area contributed by atoms with Crippen LogP contribution in [0.5, 0.6) is 0 Å². The van der Waals surface area contributed by atoms with Crippen LogP contribution >= 0.6 is 0 Å². The number of primary amides is 1. The van der Waals surface area contributed by atoms with Crippen LogP contribution in [-0.2, 0) is 4.79 Å². The van der Waals surface area contributed by atoms with Gasteiger partial charge >= 0.3 is 5.97 Å². The predicted octanol–water partition coefficient (Wildman–Crippen LogP) is 1.48. The Morgan fingerprint density at radius 2 is 1.89 bits per heavy atom. The second-order valence-electron chi connectivity index (χ2n) is 4.92. The summed E-state index contributed by atoms with van der Waals surface area (Å²) in [4.78, 5) is 24.2. The zero-order chi connectivity index (χ0) is 13.8. The monoisotopic (exact) mass is 262 g/mol. The number of carbonyl (C=O) groups is 2. The molecule has 1 heterocycles. The number of nitrogens with zero attached hydrogens (tertiary/aromatic N) is 1. The van der Waals surface area contributed by atoms with Crippen LogP contribution in [-0.4, -0.2) is 30.1 Å².